The van der Waals surface area contributed by atoms with Gasteiger partial charge in [0, 0.05) is 5.56 Å². The normalized spacial score (nSPS) is 9.83. The number of benzene rings is 1. The number of halogens is 1. The molecule has 2 heteroatoms. The smallest absolute Gasteiger partial charge is 0.165 e. The van der Waals surface area contributed by atoms with Crippen molar-refractivity contribution in [1.82, 2.24) is 0 Å². The Morgan fingerprint density at radius 2 is 2.25 bits per heavy atom. The summed E-state index contributed by atoms with van der Waals surface area (Å²) in [5.41, 5.74) is 1.24. The third-order valence-corrected chi connectivity index (χ3v) is 1.79. The van der Waals surface area contributed by atoms with Gasteiger partial charge in [-0.2, -0.15) is 0 Å². The molecular formula is C10H11FO. The van der Waals surface area contributed by atoms with Crippen LogP contribution in [0.5, 0.6) is 5.75 Å². The number of aromatic hydroxyl groups is 1. The van der Waals surface area contributed by atoms with E-state index in [9.17, 15) is 9.50 Å². The van der Waals surface area contributed by atoms with Gasteiger partial charge in [-0.25, -0.2) is 4.39 Å². The summed E-state index contributed by atoms with van der Waals surface area (Å²) >= 11 is 0. The Balaban J connectivity index is 3.16. The van der Waals surface area contributed by atoms with Gasteiger partial charge in [0.05, 0.1) is 0 Å². The van der Waals surface area contributed by atoms with Gasteiger partial charge in [0.2, 0.25) is 0 Å². The van der Waals surface area contributed by atoms with E-state index in [2.05, 4.69) is 6.58 Å². The Morgan fingerprint density at radius 3 is 2.83 bits per heavy atom. The lowest BCUT2D eigenvalue weighted by Gasteiger charge is -2.05. The van der Waals surface area contributed by atoms with Crippen LogP contribution in [0.1, 0.15) is 18.9 Å². The minimum Gasteiger partial charge on any atom is -0.504 e. The number of para-hydroxylation sites is 1. The monoisotopic (exact) mass is 166 g/mol. The molecule has 0 unspecified atom stereocenters. The van der Waals surface area contributed by atoms with Crippen LogP contribution in [0, 0.1) is 5.82 Å². The molecule has 0 fully saturated rings. The first-order chi connectivity index (χ1) is 5.66. The summed E-state index contributed by atoms with van der Waals surface area (Å²) in [4.78, 5) is 0. The average Bonchev–Trinajstić information content (AvgIpc) is 2.08. The Kier molecular flexibility index (Phi) is 2.48. The fourth-order valence-electron chi connectivity index (χ4n) is 0.991. The fraction of sp³-hybridized carbons (Fsp3) is 0.200. The van der Waals surface area contributed by atoms with E-state index in [0.29, 0.717) is 12.0 Å². The molecule has 64 valence electrons. The number of phenolic OH excluding ortho intramolecular Hbond substituents is 1. The predicted octanol–water partition coefficient (Wildman–Crippen LogP) is 2.95. The van der Waals surface area contributed by atoms with E-state index in [1.165, 1.54) is 6.07 Å². The first-order valence-corrected chi connectivity index (χ1v) is 3.82. The Bertz CT molecular complexity index is 305. The van der Waals surface area contributed by atoms with Gasteiger partial charge >= 0.3 is 0 Å². The minimum absolute atomic E-state index is 0.302. The molecule has 0 aliphatic rings. The zero-order chi connectivity index (χ0) is 9.14. The van der Waals surface area contributed by atoms with Crippen molar-refractivity contribution in [1.29, 1.82) is 0 Å². The topological polar surface area (TPSA) is 20.2 Å². The third-order valence-electron chi connectivity index (χ3n) is 1.79. The highest BCUT2D eigenvalue weighted by molar-refractivity contribution is 5.68. The maximum absolute atomic E-state index is 12.8. The second kappa shape index (κ2) is 3.39. The van der Waals surface area contributed by atoms with E-state index in [4.69, 9.17) is 0 Å². The molecule has 1 N–H and O–H groups in total. The molecule has 1 rings (SSSR count). The van der Waals surface area contributed by atoms with Crippen molar-refractivity contribution in [3.05, 3.63) is 36.2 Å². The third kappa shape index (κ3) is 1.47. The number of hydrogen-bond donors (Lipinski definition) is 1. The molecule has 0 spiro atoms. The summed E-state index contributed by atoms with van der Waals surface area (Å²) in [6, 6.07) is 4.44. The molecular weight excluding hydrogens is 155 g/mol. The molecule has 0 radical (unpaired) electrons. The van der Waals surface area contributed by atoms with Crippen molar-refractivity contribution in [2.24, 2.45) is 0 Å². The highest BCUT2D eigenvalue weighted by atomic mass is 19.1. The van der Waals surface area contributed by atoms with E-state index >= 15 is 0 Å². The van der Waals surface area contributed by atoms with Crippen molar-refractivity contribution in [3.63, 3.8) is 0 Å². The quantitative estimate of drug-likeness (QED) is 0.716. The van der Waals surface area contributed by atoms with Crippen LogP contribution in [0.2, 0.25) is 0 Å². The lowest BCUT2D eigenvalue weighted by atomic mass is 10.0. The van der Waals surface area contributed by atoms with Crippen LogP contribution in [0.25, 0.3) is 5.57 Å². The molecule has 0 amide bonds. The van der Waals surface area contributed by atoms with Gasteiger partial charge < -0.3 is 5.11 Å². The first-order valence-electron chi connectivity index (χ1n) is 3.82. The van der Waals surface area contributed by atoms with Crippen LogP contribution in [0.4, 0.5) is 4.39 Å². The summed E-state index contributed by atoms with van der Waals surface area (Å²) in [5.74, 6) is -0.897. The van der Waals surface area contributed by atoms with Crippen LogP contribution >= 0.6 is 0 Å². The van der Waals surface area contributed by atoms with Crippen LogP contribution in [0.15, 0.2) is 24.8 Å². The molecule has 1 aromatic carbocycles. The Labute approximate surface area is 71.2 Å². The molecule has 0 aromatic heterocycles. The summed E-state index contributed by atoms with van der Waals surface area (Å²) < 4.78 is 12.8. The van der Waals surface area contributed by atoms with Gasteiger partial charge in [-0.1, -0.05) is 25.6 Å². The SMILES string of the molecule is C=C(CC)c1cccc(F)c1O. The molecule has 0 heterocycles. The van der Waals surface area contributed by atoms with Crippen LogP contribution in [-0.2, 0) is 0 Å². The number of hydrogen-bond acceptors (Lipinski definition) is 1. The fourth-order valence-corrected chi connectivity index (χ4v) is 0.991. The van der Waals surface area contributed by atoms with Crippen molar-refractivity contribution in [3.8, 4) is 5.75 Å². The molecule has 1 aromatic rings. The highest BCUT2D eigenvalue weighted by Crippen LogP contribution is 2.27. The van der Waals surface area contributed by atoms with E-state index in [-0.39, 0.29) is 5.75 Å². The minimum atomic E-state index is -0.595. The molecule has 1 nitrogen and oxygen atoms in total. The van der Waals surface area contributed by atoms with E-state index < -0.39 is 5.82 Å². The largest absolute Gasteiger partial charge is 0.504 e. The second-order valence-electron chi connectivity index (χ2n) is 2.59. The van der Waals surface area contributed by atoms with Crippen molar-refractivity contribution in [2.45, 2.75) is 13.3 Å². The first kappa shape index (κ1) is 8.78. The standard InChI is InChI=1S/C10H11FO/c1-3-7(2)8-5-4-6-9(11)10(8)12/h4-6,12H,2-3H2,1H3. The van der Waals surface area contributed by atoms with E-state index in [1.54, 1.807) is 12.1 Å². The number of rotatable bonds is 2. The van der Waals surface area contributed by atoms with Crippen molar-refractivity contribution < 1.29 is 9.50 Å². The van der Waals surface area contributed by atoms with Crippen molar-refractivity contribution in [2.75, 3.05) is 0 Å². The maximum Gasteiger partial charge on any atom is 0.165 e. The van der Waals surface area contributed by atoms with E-state index in [0.717, 1.165) is 5.57 Å². The average molecular weight is 166 g/mol. The van der Waals surface area contributed by atoms with Crippen LogP contribution in [-0.4, -0.2) is 5.11 Å². The second-order valence-corrected chi connectivity index (χ2v) is 2.59. The summed E-state index contributed by atoms with van der Waals surface area (Å²) in [6.07, 6.45) is 0.705. The summed E-state index contributed by atoms with van der Waals surface area (Å²) in [7, 11) is 0. The molecule has 0 atom stereocenters. The van der Waals surface area contributed by atoms with Gasteiger partial charge in [-0.05, 0) is 18.1 Å². The van der Waals surface area contributed by atoms with Gasteiger partial charge in [-0.15, -0.1) is 0 Å². The lowest BCUT2D eigenvalue weighted by molar-refractivity contribution is 0.430. The van der Waals surface area contributed by atoms with Crippen molar-refractivity contribution >= 4 is 5.57 Å². The zero-order valence-electron chi connectivity index (χ0n) is 6.97. The lowest BCUT2D eigenvalue weighted by Crippen LogP contribution is -1.85. The van der Waals surface area contributed by atoms with E-state index in [1.807, 2.05) is 6.92 Å². The summed E-state index contributed by atoms with van der Waals surface area (Å²) in [6.45, 7) is 5.63. The zero-order valence-corrected chi connectivity index (χ0v) is 6.97. The molecule has 0 aliphatic carbocycles. The molecule has 0 saturated heterocycles. The van der Waals surface area contributed by atoms with Gasteiger partial charge in [-0.3, -0.25) is 0 Å². The molecule has 0 aliphatic heterocycles. The van der Waals surface area contributed by atoms with Gasteiger partial charge in [0.15, 0.2) is 11.6 Å². The van der Waals surface area contributed by atoms with Crippen LogP contribution in [0.3, 0.4) is 0 Å². The Morgan fingerprint density at radius 1 is 1.58 bits per heavy atom. The van der Waals surface area contributed by atoms with Crippen LogP contribution < -0.4 is 0 Å². The molecule has 0 bridgehead atoms. The Hall–Kier alpha value is -1.31. The van der Waals surface area contributed by atoms with Gasteiger partial charge in [0.1, 0.15) is 0 Å². The van der Waals surface area contributed by atoms with Gasteiger partial charge in [0.25, 0.3) is 0 Å². The highest BCUT2D eigenvalue weighted by Gasteiger charge is 2.07. The predicted molar refractivity (Wildman–Crippen MR) is 47.4 cm³/mol. The molecule has 12 heavy (non-hydrogen) atoms. The summed E-state index contributed by atoms with van der Waals surface area (Å²) in [5, 5.41) is 9.26. The molecule has 0 saturated carbocycles. The maximum atomic E-state index is 12.8. The number of allylic oxidation sites excluding steroid dienone is 1. The number of phenols is 1.